The summed E-state index contributed by atoms with van der Waals surface area (Å²) < 4.78 is 5.31. The maximum absolute atomic E-state index is 9.66. The molecule has 0 aromatic heterocycles. The monoisotopic (exact) mass is 285 g/mol. The maximum atomic E-state index is 9.66. The van der Waals surface area contributed by atoms with Gasteiger partial charge in [0.2, 0.25) is 0 Å². The first-order valence-electron chi connectivity index (χ1n) is 7.28. The lowest BCUT2D eigenvalue weighted by molar-refractivity contribution is 0.148. The minimum absolute atomic E-state index is 0.0685. The van der Waals surface area contributed by atoms with Gasteiger partial charge in [0.1, 0.15) is 0 Å². The summed E-state index contributed by atoms with van der Waals surface area (Å²) in [5.74, 6) is 0. The summed E-state index contributed by atoms with van der Waals surface area (Å²) in [6, 6.07) is 20.4. The van der Waals surface area contributed by atoms with Crippen LogP contribution in [0.15, 0.2) is 60.7 Å². The van der Waals surface area contributed by atoms with Crippen LogP contribution in [0.2, 0.25) is 0 Å². The summed E-state index contributed by atoms with van der Waals surface area (Å²) in [5, 5.41) is 13.2. The van der Waals surface area contributed by atoms with Gasteiger partial charge < -0.3 is 15.2 Å². The molecule has 0 aliphatic rings. The summed E-state index contributed by atoms with van der Waals surface area (Å²) in [6.07, 6.45) is 0.873. The van der Waals surface area contributed by atoms with Crippen LogP contribution in [-0.4, -0.2) is 31.5 Å². The number of benzene rings is 2. The van der Waals surface area contributed by atoms with Crippen LogP contribution in [0.4, 0.5) is 0 Å². The normalized spacial score (nSPS) is 13.8. The zero-order valence-electron chi connectivity index (χ0n) is 12.4. The van der Waals surface area contributed by atoms with E-state index in [0.717, 1.165) is 12.0 Å². The van der Waals surface area contributed by atoms with Crippen molar-refractivity contribution in [3.63, 3.8) is 0 Å². The molecule has 2 aromatic rings. The van der Waals surface area contributed by atoms with Gasteiger partial charge in [-0.1, -0.05) is 60.7 Å². The Morgan fingerprint density at radius 1 is 1.00 bits per heavy atom. The summed E-state index contributed by atoms with van der Waals surface area (Å²) in [5.41, 5.74) is 2.35. The minimum Gasteiger partial charge on any atom is -0.394 e. The van der Waals surface area contributed by atoms with Crippen LogP contribution >= 0.6 is 0 Å². The third-order valence-electron chi connectivity index (χ3n) is 3.51. The van der Waals surface area contributed by atoms with Crippen LogP contribution in [-0.2, 0) is 11.2 Å². The fourth-order valence-corrected chi connectivity index (χ4v) is 2.49. The van der Waals surface area contributed by atoms with Crippen LogP contribution in [0.3, 0.4) is 0 Å². The summed E-state index contributed by atoms with van der Waals surface area (Å²) >= 11 is 0. The SMILES string of the molecule is COCC(Cc1ccccc1)NC(CO)c1ccccc1. The Morgan fingerprint density at radius 3 is 2.19 bits per heavy atom. The highest BCUT2D eigenvalue weighted by Gasteiger charge is 2.16. The Labute approximate surface area is 126 Å². The fraction of sp³-hybridized carbons (Fsp3) is 0.333. The van der Waals surface area contributed by atoms with Crippen molar-refractivity contribution in [1.82, 2.24) is 5.32 Å². The molecule has 2 atom stereocenters. The van der Waals surface area contributed by atoms with Crippen LogP contribution in [0.1, 0.15) is 17.2 Å². The molecule has 0 radical (unpaired) electrons. The molecule has 2 aromatic carbocycles. The number of rotatable bonds is 8. The lowest BCUT2D eigenvalue weighted by Gasteiger charge is -2.24. The van der Waals surface area contributed by atoms with E-state index >= 15 is 0 Å². The predicted octanol–water partition coefficient (Wildman–Crippen LogP) is 2.57. The first-order chi connectivity index (χ1) is 10.3. The van der Waals surface area contributed by atoms with Crippen molar-refractivity contribution in [2.75, 3.05) is 20.3 Å². The molecule has 0 aliphatic heterocycles. The Balaban J connectivity index is 2.04. The van der Waals surface area contributed by atoms with Gasteiger partial charge in [-0.2, -0.15) is 0 Å². The van der Waals surface area contributed by atoms with Gasteiger partial charge in [-0.05, 0) is 17.5 Å². The van der Waals surface area contributed by atoms with E-state index in [-0.39, 0.29) is 18.7 Å². The quantitative estimate of drug-likeness (QED) is 0.783. The molecule has 0 aliphatic carbocycles. The molecule has 21 heavy (non-hydrogen) atoms. The highest BCUT2D eigenvalue weighted by Crippen LogP contribution is 2.14. The smallest absolute Gasteiger partial charge is 0.0626 e. The topological polar surface area (TPSA) is 41.5 Å². The Hall–Kier alpha value is -1.68. The molecule has 2 N–H and O–H groups in total. The van der Waals surface area contributed by atoms with E-state index < -0.39 is 0 Å². The van der Waals surface area contributed by atoms with E-state index in [4.69, 9.17) is 4.74 Å². The number of methoxy groups -OCH3 is 1. The number of aliphatic hydroxyl groups is 1. The number of hydrogen-bond donors (Lipinski definition) is 2. The molecule has 0 saturated heterocycles. The summed E-state index contributed by atoms with van der Waals surface area (Å²) in [6.45, 7) is 0.678. The zero-order chi connectivity index (χ0) is 14.9. The lowest BCUT2D eigenvalue weighted by atomic mass is 10.0. The van der Waals surface area contributed by atoms with Crippen molar-refractivity contribution in [1.29, 1.82) is 0 Å². The van der Waals surface area contributed by atoms with E-state index in [1.807, 2.05) is 48.5 Å². The van der Waals surface area contributed by atoms with Crippen molar-refractivity contribution in [2.24, 2.45) is 0 Å². The van der Waals surface area contributed by atoms with Crippen molar-refractivity contribution in [3.8, 4) is 0 Å². The van der Waals surface area contributed by atoms with Crippen molar-refractivity contribution in [2.45, 2.75) is 18.5 Å². The first-order valence-corrected chi connectivity index (χ1v) is 7.28. The van der Waals surface area contributed by atoms with E-state index in [2.05, 4.69) is 17.4 Å². The van der Waals surface area contributed by atoms with Crippen LogP contribution in [0.25, 0.3) is 0 Å². The second-order valence-corrected chi connectivity index (χ2v) is 5.15. The molecule has 0 heterocycles. The van der Waals surface area contributed by atoms with E-state index in [9.17, 15) is 5.11 Å². The number of aliphatic hydroxyl groups excluding tert-OH is 1. The van der Waals surface area contributed by atoms with Crippen LogP contribution in [0, 0.1) is 0 Å². The number of hydrogen-bond acceptors (Lipinski definition) is 3. The van der Waals surface area contributed by atoms with Gasteiger partial charge in [0.15, 0.2) is 0 Å². The minimum atomic E-state index is -0.0740. The second-order valence-electron chi connectivity index (χ2n) is 5.15. The molecule has 2 unspecified atom stereocenters. The van der Waals surface area contributed by atoms with Gasteiger partial charge in [0, 0.05) is 13.2 Å². The van der Waals surface area contributed by atoms with Crippen LogP contribution < -0.4 is 5.32 Å². The molecule has 0 amide bonds. The standard InChI is InChI=1S/C18H23NO2/c1-21-14-17(12-15-8-4-2-5-9-15)19-18(13-20)16-10-6-3-7-11-16/h2-11,17-20H,12-14H2,1H3. The second kappa shape index (κ2) is 8.57. The van der Waals surface area contributed by atoms with E-state index in [1.54, 1.807) is 7.11 Å². The predicted molar refractivity (Wildman–Crippen MR) is 85.2 cm³/mol. The highest BCUT2D eigenvalue weighted by molar-refractivity contribution is 5.20. The Morgan fingerprint density at radius 2 is 1.62 bits per heavy atom. The van der Waals surface area contributed by atoms with Gasteiger partial charge >= 0.3 is 0 Å². The van der Waals surface area contributed by atoms with E-state index in [1.165, 1.54) is 5.56 Å². The van der Waals surface area contributed by atoms with Crippen molar-refractivity contribution in [3.05, 3.63) is 71.8 Å². The lowest BCUT2D eigenvalue weighted by Crippen LogP contribution is -2.39. The third-order valence-corrected chi connectivity index (χ3v) is 3.51. The molecule has 112 valence electrons. The highest BCUT2D eigenvalue weighted by atomic mass is 16.5. The molecule has 0 spiro atoms. The molecule has 3 nitrogen and oxygen atoms in total. The fourth-order valence-electron chi connectivity index (χ4n) is 2.49. The van der Waals surface area contributed by atoms with Gasteiger partial charge in [-0.25, -0.2) is 0 Å². The van der Waals surface area contributed by atoms with Gasteiger partial charge in [-0.15, -0.1) is 0 Å². The van der Waals surface area contributed by atoms with Crippen LogP contribution in [0.5, 0.6) is 0 Å². The number of nitrogens with one attached hydrogen (secondary N) is 1. The third kappa shape index (κ3) is 4.97. The molecular formula is C18H23NO2. The van der Waals surface area contributed by atoms with E-state index in [0.29, 0.717) is 6.61 Å². The zero-order valence-corrected chi connectivity index (χ0v) is 12.4. The maximum Gasteiger partial charge on any atom is 0.0626 e. The molecule has 0 fully saturated rings. The van der Waals surface area contributed by atoms with Gasteiger partial charge in [0.25, 0.3) is 0 Å². The number of ether oxygens (including phenoxy) is 1. The Bertz CT molecular complexity index is 501. The van der Waals surface area contributed by atoms with Gasteiger partial charge in [0.05, 0.1) is 19.3 Å². The largest absolute Gasteiger partial charge is 0.394 e. The molecule has 3 heteroatoms. The molecular weight excluding hydrogens is 262 g/mol. The van der Waals surface area contributed by atoms with Crippen molar-refractivity contribution >= 4 is 0 Å². The summed E-state index contributed by atoms with van der Waals surface area (Å²) in [7, 11) is 1.70. The first kappa shape index (κ1) is 15.7. The molecule has 0 bridgehead atoms. The summed E-state index contributed by atoms with van der Waals surface area (Å²) in [4.78, 5) is 0. The van der Waals surface area contributed by atoms with Gasteiger partial charge in [-0.3, -0.25) is 0 Å². The molecule has 2 rings (SSSR count). The molecule has 0 saturated carbocycles. The van der Waals surface area contributed by atoms with Crippen molar-refractivity contribution < 1.29 is 9.84 Å². The average molecular weight is 285 g/mol. The average Bonchev–Trinajstić information content (AvgIpc) is 2.54. The Kier molecular flexibility index (Phi) is 6.41.